The number of rotatable bonds is 2. The highest BCUT2D eigenvalue weighted by molar-refractivity contribution is 6.21. The van der Waals surface area contributed by atoms with Crippen molar-refractivity contribution in [2.24, 2.45) is 11.8 Å². The minimum atomic E-state index is -1.83. The van der Waals surface area contributed by atoms with Crippen LogP contribution in [0.2, 0.25) is 0 Å². The van der Waals surface area contributed by atoms with E-state index < -0.39 is 69.6 Å². The van der Waals surface area contributed by atoms with Crippen molar-refractivity contribution in [1.29, 1.82) is 0 Å². The molecule has 31 heavy (non-hydrogen) atoms. The van der Waals surface area contributed by atoms with Crippen LogP contribution in [0.1, 0.15) is 63.6 Å². The van der Waals surface area contributed by atoms with E-state index in [0.717, 1.165) is 7.11 Å². The van der Waals surface area contributed by atoms with E-state index >= 15 is 0 Å². The van der Waals surface area contributed by atoms with Gasteiger partial charge in [-0.15, -0.1) is 0 Å². The average Bonchev–Trinajstić information content (AvgIpc) is 2.73. The zero-order valence-electron chi connectivity index (χ0n) is 16.8. The second kappa shape index (κ2) is 6.93. The van der Waals surface area contributed by atoms with Gasteiger partial charge in [0.25, 0.3) is 0 Å². The zero-order chi connectivity index (χ0) is 22.8. The van der Waals surface area contributed by atoms with Gasteiger partial charge in [0.2, 0.25) is 0 Å². The predicted molar refractivity (Wildman–Crippen MR) is 105 cm³/mol. The van der Waals surface area contributed by atoms with E-state index in [4.69, 9.17) is 4.74 Å². The Bertz CT molecular complexity index is 1080. The lowest BCUT2D eigenvalue weighted by molar-refractivity contribution is -0.153. The van der Waals surface area contributed by atoms with E-state index in [1.54, 1.807) is 6.92 Å². The fourth-order valence-corrected chi connectivity index (χ4v) is 5.03. The first-order chi connectivity index (χ1) is 14.6. The maximum absolute atomic E-state index is 13.2. The zero-order valence-corrected chi connectivity index (χ0v) is 16.8. The van der Waals surface area contributed by atoms with E-state index in [1.165, 1.54) is 18.2 Å². The summed E-state index contributed by atoms with van der Waals surface area (Å²) in [6.45, 7) is 1.57. The predicted octanol–water partition coefficient (Wildman–Crippen LogP) is 1.56. The molecular formula is C22H22O9. The Balaban J connectivity index is 2.07. The van der Waals surface area contributed by atoms with Gasteiger partial charge >= 0.3 is 5.97 Å². The largest absolute Gasteiger partial charge is 0.512 e. The second-order valence-corrected chi connectivity index (χ2v) is 8.12. The van der Waals surface area contributed by atoms with Crippen molar-refractivity contribution in [1.82, 2.24) is 0 Å². The van der Waals surface area contributed by atoms with Crippen LogP contribution in [0.4, 0.5) is 0 Å². The second-order valence-electron chi connectivity index (χ2n) is 8.12. The normalized spacial score (nSPS) is 31.4. The van der Waals surface area contributed by atoms with E-state index in [1.807, 2.05) is 0 Å². The van der Waals surface area contributed by atoms with Gasteiger partial charge in [-0.3, -0.25) is 14.4 Å². The quantitative estimate of drug-likeness (QED) is 0.346. The third kappa shape index (κ3) is 2.66. The number of aliphatic hydroxyl groups is 3. The summed E-state index contributed by atoms with van der Waals surface area (Å²) in [6.07, 6.45) is 2.16. The molecule has 5 N–H and O–H groups in total. The van der Waals surface area contributed by atoms with Gasteiger partial charge in [-0.2, -0.15) is 0 Å². The van der Waals surface area contributed by atoms with E-state index in [0.29, 0.717) is 0 Å². The molecule has 164 valence electrons. The number of hydrogen-bond donors (Lipinski definition) is 5. The monoisotopic (exact) mass is 430 g/mol. The van der Waals surface area contributed by atoms with Crippen molar-refractivity contribution < 1.29 is 44.7 Å². The maximum Gasteiger partial charge on any atom is 0.316 e. The number of allylic oxidation sites excluding steroid dienone is 4. The number of esters is 1. The van der Waals surface area contributed by atoms with Gasteiger partial charge in [0.1, 0.15) is 23.2 Å². The Labute approximate surface area is 176 Å². The van der Waals surface area contributed by atoms with Gasteiger partial charge in [-0.05, 0) is 12.5 Å². The molecule has 9 nitrogen and oxygen atoms in total. The molecule has 5 atom stereocenters. The standard InChI is InChI=1S/C22H22O9/c1-3-22(30)7-10(24)12-13(16(22)21(29)31-2)20(28)14-15(19(12)27)18(26)11-8(17(14)25)5-4-6-9(11)23/h4-6,8,10-11,16,23-24,27-28,30H,3,7H2,1-2H3. The summed E-state index contributed by atoms with van der Waals surface area (Å²) in [6, 6.07) is 0. The van der Waals surface area contributed by atoms with Crippen molar-refractivity contribution in [2.45, 2.75) is 37.4 Å². The van der Waals surface area contributed by atoms with Gasteiger partial charge in [-0.1, -0.05) is 19.1 Å². The molecule has 0 fully saturated rings. The number of carbonyl (C=O) groups is 3. The van der Waals surface area contributed by atoms with Crippen molar-refractivity contribution in [2.75, 3.05) is 7.11 Å². The van der Waals surface area contributed by atoms with Crippen LogP contribution in [0.3, 0.4) is 0 Å². The first kappa shape index (κ1) is 21.1. The van der Waals surface area contributed by atoms with Crippen molar-refractivity contribution in [3.05, 3.63) is 46.2 Å². The van der Waals surface area contributed by atoms with Crippen molar-refractivity contribution in [3.63, 3.8) is 0 Å². The van der Waals surface area contributed by atoms with Crippen LogP contribution in [0.15, 0.2) is 24.0 Å². The Morgan fingerprint density at radius 1 is 1.13 bits per heavy atom. The highest BCUT2D eigenvalue weighted by Gasteiger charge is 2.55. The molecule has 0 spiro atoms. The van der Waals surface area contributed by atoms with Crippen LogP contribution in [-0.2, 0) is 9.53 Å². The summed E-state index contributed by atoms with van der Waals surface area (Å²) in [5.41, 5.74) is -3.52. The number of ketones is 2. The summed E-state index contributed by atoms with van der Waals surface area (Å²) < 4.78 is 4.79. The van der Waals surface area contributed by atoms with E-state index in [-0.39, 0.29) is 29.7 Å². The molecular weight excluding hydrogens is 408 g/mol. The molecule has 0 heterocycles. The molecule has 1 aromatic rings. The summed E-state index contributed by atoms with van der Waals surface area (Å²) in [5.74, 6) is -8.25. The van der Waals surface area contributed by atoms with E-state index in [9.17, 15) is 39.9 Å². The molecule has 0 radical (unpaired) electrons. The Hall–Kier alpha value is -3.17. The van der Waals surface area contributed by atoms with Gasteiger partial charge in [0.05, 0.1) is 41.8 Å². The number of phenols is 2. The van der Waals surface area contributed by atoms with Gasteiger partial charge < -0.3 is 30.3 Å². The number of Topliss-reactive ketones (excluding diaryl/α,β-unsaturated/α-hetero) is 2. The highest BCUT2D eigenvalue weighted by atomic mass is 16.5. The summed E-state index contributed by atoms with van der Waals surface area (Å²) in [4.78, 5) is 39.0. The number of carbonyl (C=O) groups excluding carboxylic acids is 3. The molecule has 3 aliphatic carbocycles. The molecule has 9 heteroatoms. The number of aromatic hydroxyl groups is 2. The smallest absolute Gasteiger partial charge is 0.316 e. The lowest BCUT2D eigenvalue weighted by Gasteiger charge is -2.43. The first-order valence-corrected chi connectivity index (χ1v) is 9.84. The SMILES string of the molecule is CCC1(O)CC(O)c2c(O)c3c(c(O)c2C1C(=O)OC)C(=O)C1C=CC=C(O)C1C3=O. The molecule has 1 aromatic carbocycles. The fraction of sp³-hybridized carbons (Fsp3) is 0.409. The molecule has 0 bridgehead atoms. The van der Waals surface area contributed by atoms with Gasteiger partial charge in [0.15, 0.2) is 11.6 Å². The fourth-order valence-electron chi connectivity index (χ4n) is 5.03. The Kier molecular flexibility index (Phi) is 4.71. The van der Waals surface area contributed by atoms with Crippen LogP contribution in [0, 0.1) is 11.8 Å². The highest BCUT2D eigenvalue weighted by Crippen LogP contribution is 2.56. The number of ether oxygens (including phenoxy) is 1. The molecule has 0 aromatic heterocycles. The molecule has 0 amide bonds. The number of benzene rings is 1. The van der Waals surface area contributed by atoms with Crippen LogP contribution >= 0.6 is 0 Å². The maximum atomic E-state index is 13.2. The lowest BCUT2D eigenvalue weighted by atomic mass is 9.64. The Morgan fingerprint density at radius 2 is 1.74 bits per heavy atom. The molecule has 5 unspecified atom stereocenters. The number of phenolic OH excluding ortho intramolecular Hbond substituents is 2. The summed E-state index contributed by atoms with van der Waals surface area (Å²) in [5, 5.41) is 54.0. The minimum Gasteiger partial charge on any atom is -0.512 e. The van der Waals surface area contributed by atoms with Crippen LogP contribution in [-0.4, -0.2) is 55.8 Å². The molecule has 0 saturated carbocycles. The van der Waals surface area contributed by atoms with Crippen molar-refractivity contribution >= 4 is 17.5 Å². The third-order valence-electron chi connectivity index (χ3n) is 6.62. The third-order valence-corrected chi connectivity index (χ3v) is 6.62. The van der Waals surface area contributed by atoms with Crippen LogP contribution < -0.4 is 0 Å². The molecule has 3 aliphatic rings. The van der Waals surface area contributed by atoms with E-state index in [2.05, 4.69) is 0 Å². The lowest BCUT2D eigenvalue weighted by Crippen LogP contribution is -2.46. The minimum absolute atomic E-state index is 0.000462. The summed E-state index contributed by atoms with van der Waals surface area (Å²) >= 11 is 0. The first-order valence-electron chi connectivity index (χ1n) is 9.84. The van der Waals surface area contributed by atoms with Gasteiger partial charge in [0, 0.05) is 17.5 Å². The molecule has 4 rings (SSSR count). The number of fused-ring (bicyclic) bond motifs is 3. The number of hydrogen-bond acceptors (Lipinski definition) is 9. The van der Waals surface area contributed by atoms with Crippen molar-refractivity contribution in [3.8, 4) is 11.5 Å². The van der Waals surface area contributed by atoms with Crippen LogP contribution in [0.25, 0.3) is 0 Å². The number of aliphatic hydroxyl groups excluding tert-OH is 2. The molecule has 0 aliphatic heterocycles. The average molecular weight is 430 g/mol. The molecule has 0 saturated heterocycles. The summed E-state index contributed by atoms with van der Waals surface area (Å²) in [7, 11) is 1.08. The Morgan fingerprint density at radius 3 is 2.35 bits per heavy atom. The van der Waals surface area contributed by atoms with Crippen LogP contribution in [0.5, 0.6) is 11.5 Å². The topological polar surface area (TPSA) is 162 Å². The number of methoxy groups -OCH3 is 1. The van der Waals surface area contributed by atoms with Gasteiger partial charge in [-0.25, -0.2) is 0 Å².